The Morgan fingerprint density at radius 3 is 2.78 bits per heavy atom. The number of fused-ring (bicyclic) bond motifs is 2. The van der Waals surface area contributed by atoms with Crippen LogP contribution in [0.25, 0.3) is 20.7 Å². The van der Waals surface area contributed by atoms with Crippen LogP contribution in [0.2, 0.25) is 0 Å². The molecule has 0 radical (unpaired) electrons. The van der Waals surface area contributed by atoms with Crippen LogP contribution in [0, 0.1) is 6.92 Å². The van der Waals surface area contributed by atoms with E-state index in [4.69, 9.17) is 5.73 Å². The number of para-hydroxylation sites is 1. The van der Waals surface area contributed by atoms with Crippen molar-refractivity contribution in [2.45, 2.75) is 13.8 Å². The molecule has 3 nitrogen and oxygen atoms in total. The summed E-state index contributed by atoms with van der Waals surface area (Å²) in [7, 11) is 0. The molecule has 3 rings (SSSR count). The number of hydrogen-bond acceptors (Lipinski definition) is 3. The van der Waals surface area contributed by atoms with E-state index in [1.54, 1.807) is 6.92 Å². The number of nitrogens with zero attached hydrogens (tertiary/aromatic N) is 1. The number of aryl methyl sites for hydroxylation is 1. The van der Waals surface area contributed by atoms with E-state index in [0.717, 1.165) is 30.7 Å². The summed E-state index contributed by atoms with van der Waals surface area (Å²) in [5.41, 5.74) is 8.86. The first-order valence-corrected chi connectivity index (χ1v) is 7.39. The van der Waals surface area contributed by atoms with E-state index >= 15 is 0 Å². The zero-order valence-electron chi connectivity index (χ0n) is 10.2. The van der Waals surface area contributed by atoms with Gasteiger partial charge >= 0.3 is 110 Å². The minimum atomic E-state index is -0.0555. The first-order chi connectivity index (χ1) is 8.59. The molecular formula is C14H12N2OSe. The summed E-state index contributed by atoms with van der Waals surface area (Å²) in [5, 5.41) is 2.10. The molecule has 0 amide bonds. The van der Waals surface area contributed by atoms with Gasteiger partial charge in [-0.25, -0.2) is 0 Å². The van der Waals surface area contributed by atoms with Gasteiger partial charge in [-0.05, 0) is 0 Å². The number of rotatable bonds is 1. The van der Waals surface area contributed by atoms with Crippen molar-refractivity contribution in [3.8, 4) is 0 Å². The molecule has 2 heterocycles. The first-order valence-electron chi connectivity index (χ1n) is 5.68. The van der Waals surface area contributed by atoms with E-state index in [-0.39, 0.29) is 20.3 Å². The molecule has 0 saturated heterocycles. The fraction of sp³-hybridized carbons (Fsp3) is 0.143. The van der Waals surface area contributed by atoms with Crippen LogP contribution in [0.3, 0.4) is 0 Å². The number of ketones is 1. The molecule has 2 N–H and O–H groups in total. The van der Waals surface area contributed by atoms with Crippen LogP contribution in [0.4, 0.5) is 5.69 Å². The summed E-state index contributed by atoms with van der Waals surface area (Å²) < 4.78 is 1.74. The van der Waals surface area contributed by atoms with Crippen LogP contribution in [0.15, 0.2) is 24.3 Å². The molecule has 0 bridgehead atoms. The number of hydrogen-bond donors (Lipinski definition) is 1. The second-order valence-corrected chi connectivity index (χ2v) is 6.43. The van der Waals surface area contributed by atoms with Crippen LogP contribution < -0.4 is 5.73 Å². The van der Waals surface area contributed by atoms with Crippen molar-refractivity contribution in [2.75, 3.05) is 5.73 Å². The summed E-state index contributed by atoms with van der Waals surface area (Å²) in [4.78, 5) is 16.2. The molecule has 0 spiro atoms. The number of nitrogens with two attached hydrogens (primary N) is 1. The first kappa shape index (κ1) is 11.4. The summed E-state index contributed by atoms with van der Waals surface area (Å²) >= 11 is -0.0555. The molecule has 1 aromatic carbocycles. The standard InChI is InChI=1S/C14H12N2OSe/c1-7-9-5-3-4-6-10(9)16-14-11(7)12(15)13(18-14)8(2)17/h3-6H,15H2,1-2H3. The van der Waals surface area contributed by atoms with Gasteiger partial charge in [-0.15, -0.1) is 0 Å². The minimum absolute atomic E-state index is 0.0555. The van der Waals surface area contributed by atoms with Gasteiger partial charge in [0.15, 0.2) is 0 Å². The molecule has 0 unspecified atom stereocenters. The molecule has 0 aliphatic rings. The van der Waals surface area contributed by atoms with E-state index in [1.807, 2.05) is 24.3 Å². The SMILES string of the molecule is CC(=O)c1[se]c2nc3ccccc3c(C)c2c1N. The number of carbonyl (C=O) groups excluding carboxylic acids is 1. The van der Waals surface area contributed by atoms with E-state index in [9.17, 15) is 4.79 Å². The number of benzene rings is 1. The molecule has 3 aromatic rings. The Labute approximate surface area is 110 Å². The van der Waals surface area contributed by atoms with E-state index < -0.39 is 0 Å². The fourth-order valence-electron chi connectivity index (χ4n) is 2.27. The van der Waals surface area contributed by atoms with E-state index in [0.29, 0.717) is 5.69 Å². The summed E-state index contributed by atoms with van der Waals surface area (Å²) in [5.74, 6) is 0.0638. The number of nitrogen functional groups attached to an aromatic ring is 1. The van der Waals surface area contributed by atoms with Crippen LogP contribution in [-0.2, 0) is 0 Å². The average Bonchev–Trinajstić information content (AvgIpc) is 2.67. The Kier molecular flexibility index (Phi) is 2.50. The topological polar surface area (TPSA) is 56.0 Å². The number of Topliss-reactive ketones (excluding diaryl/α,β-unsaturated/α-hetero) is 1. The van der Waals surface area contributed by atoms with Crippen molar-refractivity contribution in [3.05, 3.63) is 34.3 Å². The van der Waals surface area contributed by atoms with Crippen molar-refractivity contribution < 1.29 is 4.79 Å². The molecule has 90 valence electrons. The van der Waals surface area contributed by atoms with E-state index in [1.165, 1.54) is 0 Å². The van der Waals surface area contributed by atoms with E-state index in [2.05, 4.69) is 11.9 Å². The fourth-order valence-corrected chi connectivity index (χ4v) is 4.49. The van der Waals surface area contributed by atoms with Crippen LogP contribution in [-0.4, -0.2) is 25.3 Å². The van der Waals surface area contributed by atoms with Gasteiger partial charge in [-0.1, -0.05) is 0 Å². The van der Waals surface area contributed by atoms with Crippen LogP contribution in [0.5, 0.6) is 0 Å². The molecule has 4 heteroatoms. The van der Waals surface area contributed by atoms with Crippen molar-refractivity contribution in [1.29, 1.82) is 0 Å². The molecule has 0 saturated carbocycles. The van der Waals surface area contributed by atoms with Gasteiger partial charge in [0.25, 0.3) is 0 Å². The molecule has 2 aromatic heterocycles. The second kappa shape index (κ2) is 3.94. The van der Waals surface area contributed by atoms with Gasteiger partial charge in [-0.2, -0.15) is 0 Å². The molecule has 0 aliphatic heterocycles. The van der Waals surface area contributed by atoms with Crippen LogP contribution >= 0.6 is 0 Å². The normalized spacial score (nSPS) is 11.2. The summed E-state index contributed by atoms with van der Waals surface area (Å²) in [6.45, 7) is 3.62. The number of anilines is 1. The van der Waals surface area contributed by atoms with Crippen molar-refractivity contribution in [3.63, 3.8) is 0 Å². The Bertz CT molecular complexity index is 789. The van der Waals surface area contributed by atoms with Crippen molar-refractivity contribution in [1.82, 2.24) is 4.98 Å². The maximum absolute atomic E-state index is 11.6. The van der Waals surface area contributed by atoms with Gasteiger partial charge in [0, 0.05) is 0 Å². The Balaban J connectivity index is 2.53. The predicted octanol–water partition coefficient (Wildman–Crippen LogP) is 2.54. The average molecular weight is 303 g/mol. The summed E-state index contributed by atoms with van der Waals surface area (Å²) in [6, 6.07) is 8.02. The zero-order valence-corrected chi connectivity index (χ0v) is 11.9. The van der Waals surface area contributed by atoms with Gasteiger partial charge in [0.1, 0.15) is 0 Å². The number of aromatic nitrogens is 1. The van der Waals surface area contributed by atoms with Gasteiger partial charge in [0.2, 0.25) is 0 Å². The number of pyridine rings is 1. The molecular weight excluding hydrogens is 291 g/mol. The number of carbonyl (C=O) groups is 1. The van der Waals surface area contributed by atoms with Gasteiger partial charge in [-0.3, -0.25) is 0 Å². The van der Waals surface area contributed by atoms with Gasteiger partial charge in [0.05, 0.1) is 0 Å². The van der Waals surface area contributed by atoms with Crippen LogP contribution in [0.1, 0.15) is 21.7 Å². The monoisotopic (exact) mass is 304 g/mol. The van der Waals surface area contributed by atoms with Gasteiger partial charge < -0.3 is 0 Å². The molecule has 0 aliphatic carbocycles. The molecule has 0 atom stereocenters. The predicted molar refractivity (Wildman–Crippen MR) is 75.3 cm³/mol. The Morgan fingerprint density at radius 2 is 2.06 bits per heavy atom. The Morgan fingerprint density at radius 1 is 1.33 bits per heavy atom. The van der Waals surface area contributed by atoms with Crippen molar-refractivity contribution >= 4 is 46.7 Å². The quantitative estimate of drug-likeness (QED) is 0.555. The maximum atomic E-state index is 11.6. The molecule has 0 fully saturated rings. The van der Waals surface area contributed by atoms with Crippen molar-refractivity contribution in [2.24, 2.45) is 0 Å². The molecule has 18 heavy (non-hydrogen) atoms. The Hall–Kier alpha value is -1.64. The zero-order chi connectivity index (χ0) is 12.9. The summed E-state index contributed by atoms with van der Waals surface area (Å²) in [6.07, 6.45) is 0. The second-order valence-electron chi connectivity index (χ2n) is 4.34. The third-order valence-electron chi connectivity index (χ3n) is 3.15. The third kappa shape index (κ3) is 1.50. The third-order valence-corrected chi connectivity index (χ3v) is 5.67.